The van der Waals surface area contributed by atoms with Crippen LogP contribution in [0.3, 0.4) is 0 Å². The number of carbonyl (C=O) groups excluding carboxylic acids is 1. The van der Waals surface area contributed by atoms with Gasteiger partial charge in [0.1, 0.15) is 19.5 Å². The van der Waals surface area contributed by atoms with Crippen molar-refractivity contribution in [1.82, 2.24) is 14.5 Å². The third kappa shape index (κ3) is 3.73. The lowest BCUT2D eigenvalue weighted by Crippen LogP contribution is -2.35. The van der Waals surface area contributed by atoms with Crippen LogP contribution in [-0.2, 0) is 20.8 Å². The summed E-state index contributed by atoms with van der Waals surface area (Å²) >= 11 is 1.54. The van der Waals surface area contributed by atoms with E-state index in [1.807, 2.05) is 17.7 Å². The van der Waals surface area contributed by atoms with Gasteiger partial charge in [-0.2, -0.15) is 0 Å². The lowest BCUT2D eigenvalue weighted by atomic mass is 10.1. The maximum absolute atomic E-state index is 13.1. The molecule has 1 aromatic carbocycles. The number of benzene rings is 1. The van der Waals surface area contributed by atoms with E-state index in [0.717, 1.165) is 34.3 Å². The highest BCUT2D eigenvalue weighted by Gasteiger charge is 2.26. The first-order chi connectivity index (χ1) is 13.6. The molecule has 0 bridgehead atoms. The first-order valence-electron chi connectivity index (χ1n) is 9.22. The molecule has 0 N–H and O–H groups in total. The van der Waals surface area contributed by atoms with Gasteiger partial charge in [0.15, 0.2) is 5.13 Å². The van der Waals surface area contributed by atoms with Crippen molar-refractivity contribution in [3.8, 4) is 0 Å². The van der Waals surface area contributed by atoms with E-state index in [-0.39, 0.29) is 11.7 Å². The Hall–Kier alpha value is -2.87. The van der Waals surface area contributed by atoms with Crippen LogP contribution in [-0.4, -0.2) is 40.2 Å². The third-order valence-electron chi connectivity index (χ3n) is 4.62. The molecule has 146 valence electrons. The van der Waals surface area contributed by atoms with Gasteiger partial charge in [-0.15, -0.1) is 0 Å². The van der Waals surface area contributed by atoms with E-state index in [0.29, 0.717) is 24.9 Å². The van der Waals surface area contributed by atoms with Gasteiger partial charge >= 0.3 is 0 Å². The SMILES string of the molecule is Cc1ccc(C)c2sc(N(CCCn3ccnc3)C(=O)C3=COCCO3)nc12. The summed E-state index contributed by atoms with van der Waals surface area (Å²) in [5.74, 6) is 0.00118. The van der Waals surface area contributed by atoms with Crippen LogP contribution in [0.15, 0.2) is 42.9 Å². The van der Waals surface area contributed by atoms with Crippen molar-refractivity contribution < 1.29 is 14.3 Å². The van der Waals surface area contributed by atoms with Crippen molar-refractivity contribution in [3.05, 3.63) is 54.0 Å². The van der Waals surface area contributed by atoms with Gasteiger partial charge in [-0.3, -0.25) is 9.69 Å². The fraction of sp³-hybridized carbons (Fsp3) is 0.350. The smallest absolute Gasteiger partial charge is 0.298 e. The topological polar surface area (TPSA) is 69.5 Å². The fourth-order valence-corrected chi connectivity index (χ4v) is 4.23. The molecule has 3 aromatic rings. The highest BCUT2D eigenvalue weighted by Crippen LogP contribution is 2.34. The second-order valence-electron chi connectivity index (χ2n) is 6.69. The highest BCUT2D eigenvalue weighted by molar-refractivity contribution is 7.22. The number of amides is 1. The molecule has 0 atom stereocenters. The molecule has 0 aliphatic carbocycles. The summed E-state index contributed by atoms with van der Waals surface area (Å²) in [7, 11) is 0. The van der Waals surface area contributed by atoms with Crippen LogP contribution in [0.4, 0.5) is 5.13 Å². The van der Waals surface area contributed by atoms with Crippen molar-refractivity contribution in [2.75, 3.05) is 24.7 Å². The van der Waals surface area contributed by atoms with Crippen LogP contribution in [0.2, 0.25) is 0 Å². The predicted molar refractivity (Wildman–Crippen MR) is 108 cm³/mol. The Labute approximate surface area is 167 Å². The van der Waals surface area contributed by atoms with Gasteiger partial charge in [0.05, 0.1) is 16.5 Å². The van der Waals surface area contributed by atoms with E-state index in [4.69, 9.17) is 14.5 Å². The highest BCUT2D eigenvalue weighted by atomic mass is 32.1. The van der Waals surface area contributed by atoms with E-state index >= 15 is 0 Å². The van der Waals surface area contributed by atoms with Crippen LogP contribution in [0.5, 0.6) is 0 Å². The maximum atomic E-state index is 13.1. The minimum atomic E-state index is -0.223. The molecule has 28 heavy (non-hydrogen) atoms. The van der Waals surface area contributed by atoms with Gasteiger partial charge < -0.3 is 14.0 Å². The molecule has 0 spiro atoms. The molecule has 8 heteroatoms. The number of hydrogen-bond acceptors (Lipinski definition) is 6. The molecule has 2 aromatic heterocycles. The second kappa shape index (κ2) is 8.02. The molecule has 3 heterocycles. The number of ether oxygens (including phenoxy) is 2. The van der Waals surface area contributed by atoms with E-state index in [1.54, 1.807) is 17.4 Å². The summed E-state index contributed by atoms with van der Waals surface area (Å²) in [6.45, 7) is 6.22. The molecule has 0 saturated heterocycles. The summed E-state index contributed by atoms with van der Waals surface area (Å²) < 4.78 is 13.9. The normalized spacial score (nSPS) is 13.7. The van der Waals surface area contributed by atoms with Crippen LogP contribution < -0.4 is 4.90 Å². The zero-order valence-electron chi connectivity index (χ0n) is 15.9. The summed E-state index contributed by atoms with van der Waals surface area (Å²) in [5, 5.41) is 0.679. The predicted octanol–water partition coefficient (Wildman–Crippen LogP) is 3.42. The molecule has 4 rings (SSSR count). The van der Waals surface area contributed by atoms with Crippen LogP contribution in [0.1, 0.15) is 17.5 Å². The Morgan fingerprint density at radius 3 is 2.86 bits per heavy atom. The Bertz CT molecular complexity index is 971. The average molecular weight is 398 g/mol. The monoisotopic (exact) mass is 398 g/mol. The molecule has 0 fully saturated rings. The quantitative estimate of drug-likeness (QED) is 0.636. The number of aromatic nitrogens is 3. The number of thiazole rings is 1. The number of fused-ring (bicyclic) bond motifs is 1. The zero-order chi connectivity index (χ0) is 19.5. The van der Waals surface area contributed by atoms with Crippen LogP contribution in [0, 0.1) is 13.8 Å². The zero-order valence-corrected chi connectivity index (χ0v) is 16.7. The van der Waals surface area contributed by atoms with Gasteiger partial charge in [0.2, 0.25) is 5.76 Å². The van der Waals surface area contributed by atoms with Gasteiger partial charge in [-0.25, -0.2) is 9.97 Å². The molecule has 0 unspecified atom stereocenters. The van der Waals surface area contributed by atoms with Crippen molar-refractivity contribution in [1.29, 1.82) is 0 Å². The Kier molecular flexibility index (Phi) is 5.29. The lowest BCUT2D eigenvalue weighted by molar-refractivity contribution is -0.119. The maximum Gasteiger partial charge on any atom is 0.298 e. The number of aryl methyl sites for hydroxylation is 3. The summed E-state index contributed by atoms with van der Waals surface area (Å²) in [6, 6.07) is 4.15. The van der Waals surface area contributed by atoms with Crippen LogP contribution in [0.25, 0.3) is 10.2 Å². The first kappa shape index (κ1) is 18.5. The molecule has 0 radical (unpaired) electrons. The number of nitrogens with zero attached hydrogens (tertiary/aromatic N) is 4. The lowest BCUT2D eigenvalue weighted by Gasteiger charge is -2.23. The molecule has 1 aliphatic heterocycles. The third-order valence-corrected chi connectivity index (χ3v) is 5.84. The number of anilines is 1. The summed E-state index contributed by atoms with van der Waals surface area (Å²) in [6.07, 6.45) is 7.61. The number of rotatable bonds is 6. The Morgan fingerprint density at radius 1 is 1.29 bits per heavy atom. The summed E-state index contributed by atoms with van der Waals surface area (Å²) in [4.78, 5) is 23.7. The molecule has 1 aliphatic rings. The van der Waals surface area contributed by atoms with Crippen LogP contribution >= 0.6 is 11.3 Å². The standard InChI is InChI=1S/C20H22N4O3S/c1-14-4-5-15(2)18-17(14)22-20(28-18)24(8-3-7-23-9-6-21-13-23)19(25)16-12-26-10-11-27-16/h4-6,9,12-13H,3,7-8,10-11H2,1-2H3. The molecule has 0 saturated carbocycles. The first-order valence-corrected chi connectivity index (χ1v) is 10.0. The van der Waals surface area contributed by atoms with Crippen molar-refractivity contribution in [3.63, 3.8) is 0 Å². The summed E-state index contributed by atoms with van der Waals surface area (Å²) in [5.41, 5.74) is 3.21. The number of imidazole rings is 1. The number of carbonyl (C=O) groups is 1. The Morgan fingerprint density at radius 2 is 2.14 bits per heavy atom. The van der Waals surface area contributed by atoms with E-state index < -0.39 is 0 Å². The van der Waals surface area contributed by atoms with Gasteiger partial charge in [0, 0.05) is 25.5 Å². The van der Waals surface area contributed by atoms with Crippen molar-refractivity contribution >= 4 is 32.6 Å². The van der Waals surface area contributed by atoms with Gasteiger partial charge in [0.25, 0.3) is 5.91 Å². The van der Waals surface area contributed by atoms with Crippen molar-refractivity contribution in [2.24, 2.45) is 0 Å². The van der Waals surface area contributed by atoms with E-state index in [1.165, 1.54) is 17.6 Å². The van der Waals surface area contributed by atoms with Gasteiger partial charge in [-0.05, 0) is 31.4 Å². The minimum absolute atomic E-state index is 0.223. The Balaban J connectivity index is 1.63. The molecule has 1 amide bonds. The minimum Gasteiger partial charge on any atom is -0.494 e. The van der Waals surface area contributed by atoms with E-state index in [9.17, 15) is 4.79 Å². The number of hydrogen-bond donors (Lipinski definition) is 0. The average Bonchev–Trinajstić information content (AvgIpc) is 3.39. The largest absolute Gasteiger partial charge is 0.494 e. The molecular formula is C20H22N4O3S. The van der Waals surface area contributed by atoms with Gasteiger partial charge in [-0.1, -0.05) is 23.5 Å². The second-order valence-corrected chi connectivity index (χ2v) is 7.66. The van der Waals surface area contributed by atoms with Crippen molar-refractivity contribution in [2.45, 2.75) is 26.8 Å². The van der Waals surface area contributed by atoms with E-state index in [2.05, 4.69) is 24.0 Å². The fourth-order valence-electron chi connectivity index (χ4n) is 3.09. The molecular weight excluding hydrogens is 376 g/mol. The molecule has 7 nitrogen and oxygen atoms in total.